The van der Waals surface area contributed by atoms with Gasteiger partial charge in [-0.05, 0) is 30.5 Å². The maximum Gasteiger partial charge on any atom is 0.240 e. The highest BCUT2D eigenvalue weighted by molar-refractivity contribution is 5.81. The Morgan fingerprint density at radius 1 is 1.39 bits per heavy atom. The molecule has 1 rings (SSSR count). The van der Waals surface area contributed by atoms with Crippen LogP contribution in [0.3, 0.4) is 0 Å². The number of nitrogens with zero attached hydrogens (tertiary/aromatic N) is 2. The van der Waals surface area contributed by atoms with Crippen molar-refractivity contribution in [2.24, 2.45) is 11.7 Å². The summed E-state index contributed by atoms with van der Waals surface area (Å²) >= 11 is 0. The second-order valence-corrected chi connectivity index (χ2v) is 4.62. The topological polar surface area (TPSA) is 59.2 Å². The van der Waals surface area contributed by atoms with E-state index in [2.05, 4.69) is 11.9 Å². The van der Waals surface area contributed by atoms with Gasteiger partial charge in [-0.15, -0.1) is 0 Å². The molecule has 1 amide bonds. The van der Waals surface area contributed by atoms with E-state index in [1.165, 1.54) is 0 Å². The Hall–Kier alpha value is -1.42. The molecule has 4 nitrogen and oxygen atoms in total. The highest BCUT2D eigenvalue weighted by atomic mass is 16.2. The van der Waals surface area contributed by atoms with Gasteiger partial charge in [-0.1, -0.05) is 20.3 Å². The molecule has 0 spiro atoms. The van der Waals surface area contributed by atoms with Crippen LogP contribution in [0.5, 0.6) is 0 Å². The number of hydrogen-bond acceptors (Lipinski definition) is 3. The summed E-state index contributed by atoms with van der Waals surface area (Å²) in [6, 6.07) is 3.44. The van der Waals surface area contributed by atoms with Gasteiger partial charge in [0.2, 0.25) is 5.91 Å². The fraction of sp³-hybridized carbons (Fsp3) is 0.571. The Morgan fingerprint density at radius 2 is 2.00 bits per heavy atom. The molecule has 2 atom stereocenters. The minimum atomic E-state index is -0.406. The van der Waals surface area contributed by atoms with Crippen LogP contribution in [0.25, 0.3) is 0 Å². The van der Waals surface area contributed by atoms with Gasteiger partial charge in [0.25, 0.3) is 0 Å². The first kappa shape index (κ1) is 14.6. The Labute approximate surface area is 109 Å². The zero-order chi connectivity index (χ0) is 13.5. The number of aromatic nitrogens is 1. The summed E-state index contributed by atoms with van der Waals surface area (Å²) in [4.78, 5) is 18.0. The molecule has 0 aliphatic heterocycles. The summed E-state index contributed by atoms with van der Waals surface area (Å²) in [5, 5.41) is 0. The molecule has 2 N–H and O–H groups in total. The van der Waals surface area contributed by atoms with Crippen LogP contribution < -0.4 is 5.73 Å². The zero-order valence-corrected chi connectivity index (χ0v) is 11.5. The van der Waals surface area contributed by atoms with Crippen molar-refractivity contribution in [1.29, 1.82) is 0 Å². The van der Waals surface area contributed by atoms with Crippen LogP contribution in [-0.2, 0) is 11.3 Å². The number of carbonyl (C=O) groups excluding carboxylic acids is 1. The Morgan fingerprint density at radius 3 is 2.50 bits per heavy atom. The minimum Gasteiger partial charge on any atom is -0.337 e. The lowest BCUT2D eigenvalue weighted by molar-refractivity contribution is -0.134. The highest BCUT2D eigenvalue weighted by Gasteiger charge is 2.23. The van der Waals surface area contributed by atoms with Gasteiger partial charge in [0.05, 0.1) is 6.04 Å². The van der Waals surface area contributed by atoms with Gasteiger partial charge in [0, 0.05) is 25.5 Å². The van der Waals surface area contributed by atoms with Gasteiger partial charge in [0.1, 0.15) is 0 Å². The molecule has 4 heteroatoms. The highest BCUT2D eigenvalue weighted by Crippen LogP contribution is 2.11. The maximum atomic E-state index is 12.3. The molecule has 1 heterocycles. The van der Waals surface area contributed by atoms with E-state index >= 15 is 0 Å². The first-order valence-electron chi connectivity index (χ1n) is 6.53. The van der Waals surface area contributed by atoms with Crippen molar-refractivity contribution in [3.63, 3.8) is 0 Å². The molecule has 0 fully saturated rings. The van der Waals surface area contributed by atoms with Crippen LogP contribution >= 0.6 is 0 Å². The number of amides is 1. The first-order valence-corrected chi connectivity index (χ1v) is 6.53. The average Bonchev–Trinajstić information content (AvgIpc) is 2.43. The zero-order valence-electron chi connectivity index (χ0n) is 11.5. The van der Waals surface area contributed by atoms with Gasteiger partial charge in [-0.2, -0.15) is 0 Å². The van der Waals surface area contributed by atoms with Crippen molar-refractivity contribution in [3.8, 4) is 0 Å². The van der Waals surface area contributed by atoms with Crippen LogP contribution in [0.2, 0.25) is 0 Å². The van der Waals surface area contributed by atoms with Crippen LogP contribution in [0.4, 0.5) is 0 Å². The van der Waals surface area contributed by atoms with Crippen LogP contribution in [0.15, 0.2) is 24.5 Å². The van der Waals surface area contributed by atoms with E-state index in [9.17, 15) is 4.79 Å². The number of carbonyl (C=O) groups is 1. The third-order valence-corrected chi connectivity index (χ3v) is 3.36. The van der Waals surface area contributed by atoms with Crippen molar-refractivity contribution in [2.75, 3.05) is 6.54 Å². The summed E-state index contributed by atoms with van der Waals surface area (Å²) in [7, 11) is 0. The quantitative estimate of drug-likeness (QED) is 0.836. The molecule has 0 saturated carbocycles. The lowest BCUT2D eigenvalue weighted by atomic mass is 9.98. The van der Waals surface area contributed by atoms with Crippen LogP contribution in [0.1, 0.15) is 32.8 Å². The standard InChI is InChI=1S/C14H23N3O/c1-4-11(3)13(15)14(18)17(5-2)10-12-6-8-16-9-7-12/h6-9,11,13H,4-5,10,15H2,1-3H3. The lowest BCUT2D eigenvalue weighted by Gasteiger charge is -2.27. The fourth-order valence-electron chi connectivity index (χ4n) is 1.76. The van der Waals surface area contributed by atoms with E-state index < -0.39 is 6.04 Å². The van der Waals surface area contributed by atoms with E-state index in [1.54, 1.807) is 17.3 Å². The third kappa shape index (κ3) is 3.81. The molecule has 0 aliphatic rings. The second-order valence-electron chi connectivity index (χ2n) is 4.62. The summed E-state index contributed by atoms with van der Waals surface area (Å²) in [5.41, 5.74) is 7.08. The maximum absolute atomic E-state index is 12.3. The van der Waals surface area contributed by atoms with Crippen molar-refractivity contribution in [1.82, 2.24) is 9.88 Å². The van der Waals surface area contributed by atoms with Crippen LogP contribution in [-0.4, -0.2) is 28.4 Å². The van der Waals surface area contributed by atoms with E-state index in [0.717, 1.165) is 12.0 Å². The van der Waals surface area contributed by atoms with Crippen molar-refractivity contribution in [3.05, 3.63) is 30.1 Å². The molecule has 2 unspecified atom stereocenters. The summed E-state index contributed by atoms with van der Waals surface area (Å²) in [6.07, 6.45) is 4.39. The Kier molecular flexibility index (Phi) is 5.78. The first-order chi connectivity index (χ1) is 8.60. The van der Waals surface area contributed by atoms with Gasteiger partial charge in [-0.3, -0.25) is 9.78 Å². The number of pyridine rings is 1. The van der Waals surface area contributed by atoms with Crippen molar-refractivity contribution < 1.29 is 4.79 Å². The van der Waals surface area contributed by atoms with E-state index in [4.69, 9.17) is 5.73 Å². The monoisotopic (exact) mass is 249 g/mol. The second kappa shape index (κ2) is 7.11. The molecule has 0 bridgehead atoms. The van der Waals surface area contributed by atoms with E-state index in [-0.39, 0.29) is 11.8 Å². The Bertz CT molecular complexity index is 367. The van der Waals surface area contributed by atoms with Gasteiger partial charge >= 0.3 is 0 Å². The molecule has 1 aromatic heterocycles. The Balaban J connectivity index is 2.69. The van der Waals surface area contributed by atoms with Crippen molar-refractivity contribution >= 4 is 5.91 Å². The van der Waals surface area contributed by atoms with Gasteiger partial charge in [-0.25, -0.2) is 0 Å². The third-order valence-electron chi connectivity index (χ3n) is 3.36. The molecule has 18 heavy (non-hydrogen) atoms. The normalized spacial score (nSPS) is 14.0. The summed E-state index contributed by atoms with van der Waals surface area (Å²) in [5.74, 6) is 0.243. The molecule has 0 aromatic carbocycles. The molecular weight excluding hydrogens is 226 g/mol. The summed E-state index contributed by atoms with van der Waals surface area (Å²) in [6.45, 7) is 7.31. The molecule has 0 radical (unpaired) electrons. The smallest absolute Gasteiger partial charge is 0.240 e. The average molecular weight is 249 g/mol. The van der Waals surface area contributed by atoms with Crippen molar-refractivity contribution in [2.45, 2.75) is 39.8 Å². The molecular formula is C14H23N3O. The predicted octanol–water partition coefficient (Wildman–Crippen LogP) is 1.80. The number of likely N-dealkylation sites (N-methyl/N-ethyl adjacent to an activating group) is 1. The van der Waals surface area contributed by atoms with E-state index in [0.29, 0.717) is 13.1 Å². The number of nitrogens with two attached hydrogens (primary N) is 1. The SMILES string of the molecule is CCC(C)C(N)C(=O)N(CC)Cc1ccncc1. The number of hydrogen-bond donors (Lipinski definition) is 1. The fourth-order valence-corrected chi connectivity index (χ4v) is 1.76. The lowest BCUT2D eigenvalue weighted by Crippen LogP contribution is -2.46. The molecule has 0 aliphatic carbocycles. The molecule has 0 saturated heterocycles. The minimum absolute atomic E-state index is 0.0312. The molecule has 1 aromatic rings. The van der Waals surface area contributed by atoms with Crippen LogP contribution in [0, 0.1) is 5.92 Å². The molecule has 100 valence electrons. The number of rotatable bonds is 6. The predicted molar refractivity (Wildman–Crippen MR) is 72.8 cm³/mol. The van der Waals surface area contributed by atoms with Gasteiger partial charge in [0.15, 0.2) is 0 Å². The van der Waals surface area contributed by atoms with E-state index in [1.807, 2.05) is 26.0 Å². The van der Waals surface area contributed by atoms with Gasteiger partial charge < -0.3 is 10.6 Å². The summed E-state index contributed by atoms with van der Waals surface area (Å²) < 4.78 is 0. The largest absolute Gasteiger partial charge is 0.337 e.